The monoisotopic (exact) mass is 1250 g/mol. The molecular weight excluding hydrogens is 1220 g/mol. The predicted molar refractivity (Wildman–Crippen MR) is 270 cm³/mol. The fourth-order valence-electron chi connectivity index (χ4n) is 7.03. The zero-order chi connectivity index (χ0) is 53.3. The Bertz CT molecular complexity index is 3420. The maximum atomic E-state index is 14.4. The molecule has 0 spiro atoms. The Labute approximate surface area is 446 Å². The highest BCUT2D eigenvalue weighted by molar-refractivity contribution is 9.11. The largest absolute Gasteiger partial charge is 0.478 e. The predicted octanol–water partition coefficient (Wildman–Crippen LogP) is 11.1. The molecule has 0 saturated heterocycles. The van der Waals surface area contributed by atoms with E-state index in [1.54, 1.807) is 58.5 Å². The lowest BCUT2D eigenvalue weighted by Gasteiger charge is -2.19. The van der Waals surface area contributed by atoms with Crippen LogP contribution in [0.4, 0.5) is 24.8 Å². The van der Waals surface area contributed by atoms with Gasteiger partial charge in [-0.15, -0.1) is 0 Å². The average Bonchev–Trinajstić information content (AvgIpc) is 4.14. The Kier molecular flexibility index (Phi) is 18.5. The normalized spacial score (nSPS) is 11.6. The molecule has 8 aromatic rings. The smallest absolute Gasteiger partial charge is 0.406 e. The van der Waals surface area contributed by atoms with Gasteiger partial charge in [0.15, 0.2) is 23.8 Å². The molecule has 0 amide bonds. The number of aromatic nitrogens is 10. The fourth-order valence-corrected chi connectivity index (χ4v) is 8.82. The molecule has 0 radical (unpaired) electrons. The Morgan fingerprint density at radius 2 is 1.14 bits per heavy atom. The summed E-state index contributed by atoms with van der Waals surface area (Å²) in [5, 5.41) is 67.6. The molecular formula is C46H37Br4F3N14O6. The highest BCUT2D eigenvalue weighted by atomic mass is 79.9. The number of nitro groups is 2. The minimum absolute atomic E-state index is 0.0774. The fraction of sp³-hybridized carbons (Fsp3) is 0.217. The summed E-state index contributed by atoms with van der Waals surface area (Å²) in [6.07, 6.45) is 5.11. The molecule has 6 heterocycles. The van der Waals surface area contributed by atoms with Crippen molar-refractivity contribution in [1.82, 2.24) is 49.1 Å². The van der Waals surface area contributed by atoms with Gasteiger partial charge in [0, 0.05) is 60.3 Å². The van der Waals surface area contributed by atoms with Crippen molar-refractivity contribution < 1.29 is 32.9 Å². The molecule has 0 saturated carbocycles. The summed E-state index contributed by atoms with van der Waals surface area (Å²) in [6, 6.07) is 18.1. The van der Waals surface area contributed by atoms with Gasteiger partial charge in [-0.3, -0.25) is 9.36 Å². The molecule has 0 aliphatic carbocycles. The van der Waals surface area contributed by atoms with Crippen LogP contribution in [0.5, 0.6) is 5.75 Å². The van der Waals surface area contributed by atoms with Crippen molar-refractivity contribution in [2.45, 2.75) is 65.8 Å². The first-order chi connectivity index (χ1) is 34.8. The van der Waals surface area contributed by atoms with E-state index in [1.807, 2.05) is 30.7 Å². The summed E-state index contributed by atoms with van der Waals surface area (Å²) < 4.78 is 55.7. The maximum Gasteiger partial charge on any atom is 0.406 e. The van der Waals surface area contributed by atoms with E-state index in [4.69, 9.17) is 4.74 Å². The van der Waals surface area contributed by atoms with Gasteiger partial charge in [0.1, 0.15) is 39.1 Å². The van der Waals surface area contributed by atoms with Gasteiger partial charge < -0.3 is 30.1 Å². The highest BCUT2D eigenvalue weighted by Crippen LogP contribution is 2.35. The third kappa shape index (κ3) is 13.3. The van der Waals surface area contributed by atoms with Gasteiger partial charge in [0.05, 0.1) is 50.2 Å². The molecule has 1 N–H and O–H groups in total. The second-order valence-electron chi connectivity index (χ2n) is 15.3. The zero-order valence-corrected chi connectivity index (χ0v) is 44.8. The number of hydrogen-bond donors (Lipinski definition) is 1. The molecule has 20 nitrogen and oxygen atoms in total. The molecule has 73 heavy (non-hydrogen) atoms. The summed E-state index contributed by atoms with van der Waals surface area (Å²) in [7, 11) is 0. The number of halogens is 7. The number of rotatable bonds is 14. The summed E-state index contributed by atoms with van der Waals surface area (Å²) in [4.78, 5) is 27.0. The van der Waals surface area contributed by atoms with Crippen molar-refractivity contribution in [3.8, 4) is 29.3 Å². The van der Waals surface area contributed by atoms with E-state index in [9.17, 15) is 49.0 Å². The molecule has 2 aromatic carbocycles. The number of hydrogen-bond acceptors (Lipinski definition) is 14. The number of aliphatic hydroxyl groups excluding tert-OH is 1. The standard InChI is InChI=1S/C23H18Br2FN7O3.C18H17BrFN5O.C5H2BrFN2O2/c1-3-31-22(25)14(11-29-31)6-18-9-17(10-27)30-32(18)20-5-4-16(26)8-19(20)13(2)36-21-7-15(24)12-28-23(21)33(34)35;1-3-24-18(19)12(10-22-24)6-15-8-14(9-21)23-25(15)17-5-4-13(20)7-16(17)11(2)26;6-3-1-4(7)5(8-2-3)9(10)11/h4-5,7-9,11-13H,3,6H2,1-2H3;4-5,7-8,10-11,26H,3,6H2,1-2H3;1-2H. The Balaban J connectivity index is 0.000000204. The first-order valence-electron chi connectivity index (χ1n) is 21.3. The number of ether oxygens (including phenoxy) is 1. The van der Waals surface area contributed by atoms with Crippen molar-refractivity contribution in [3.63, 3.8) is 0 Å². The lowest BCUT2D eigenvalue weighted by molar-refractivity contribution is -0.392. The topological polar surface area (TPSA) is 260 Å². The number of nitriles is 2. The Hall–Kier alpha value is -7.17. The van der Waals surface area contributed by atoms with E-state index in [2.05, 4.69) is 94.1 Å². The Morgan fingerprint density at radius 1 is 0.685 bits per heavy atom. The van der Waals surface area contributed by atoms with Crippen LogP contribution in [0.25, 0.3) is 11.4 Å². The molecule has 27 heteroatoms. The summed E-state index contributed by atoms with van der Waals surface area (Å²) in [5.74, 6) is -3.20. The van der Waals surface area contributed by atoms with Crippen LogP contribution in [-0.2, 0) is 25.9 Å². The van der Waals surface area contributed by atoms with Gasteiger partial charge in [-0.25, -0.2) is 18.1 Å². The van der Waals surface area contributed by atoms with Crippen LogP contribution >= 0.6 is 63.7 Å². The number of benzene rings is 2. The van der Waals surface area contributed by atoms with E-state index in [1.165, 1.54) is 48.8 Å². The molecule has 6 aromatic heterocycles. The number of nitrogens with zero attached hydrogens (tertiary/aromatic N) is 14. The highest BCUT2D eigenvalue weighted by Gasteiger charge is 2.25. The molecule has 0 fully saturated rings. The molecule has 8 rings (SSSR count). The average molecular weight is 1260 g/mol. The van der Waals surface area contributed by atoms with Crippen LogP contribution in [-0.4, -0.2) is 64.0 Å². The van der Waals surface area contributed by atoms with Crippen molar-refractivity contribution in [2.24, 2.45) is 0 Å². The van der Waals surface area contributed by atoms with Crippen LogP contribution < -0.4 is 4.74 Å². The molecule has 2 atom stereocenters. The van der Waals surface area contributed by atoms with Gasteiger partial charge in [-0.05, 0) is 160 Å². The van der Waals surface area contributed by atoms with Crippen LogP contribution in [0, 0.1) is 60.3 Å². The first-order valence-corrected chi connectivity index (χ1v) is 24.5. The molecule has 0 bridgehead atoms. The summed E-state index contributed by atoms with van der Waals surface area (Å²) in [6.45, 7) is 8.57. The van der Waals surface area contributed by atoms with E-state index < -0.39 is 51.1 Å². The Morgan fingerprint density at radius 3 is 1.56 bits per heavy atom. The second-order valence-corrected chi connectivity index (χ2v) is 18.6. The molecule has 376 valence electrons. The lowest BCUT2D eigenvalue weighted by atomic mass is 10.1. The lowest BCUT2D eigenvalue weighted by Crippen LogP contribution is -2.12. The van der Waals surface area contributed by atoms with E-state index in [0.717, 1.165) is 38.6 Å². The molecule has 0 aliphatic rings. The first kappa shape index (κ1) is 55.1. The van der Waals surface area contributed by atoms with Crippen molar-refractivity contribution >= 4 is 75.4 Å². The summed E-state index contributed by atoms with van der Waals surface area (Å²) in [5.41, 5.74) is 5.44. The molecule has 0 aliphatic heterocycles. The van der Waals surface area contributed by atoms with Gasteiger partial charge in [-0.1, -0.05) is 0 Å². The second kappa shape index (κ2) is 24.5. The minimum atomic E-state index is -0.940. The third-order valence-electron chi connectivity index (χ3n) is 10.4. The van der Waals surface area contributed by atoms with E-state index >= 15 is 0 Å². The quantitative estimate of drug-likeness (QED) is 0.0784. The van der Waals surface area contributed by atoms with Crippen molar-refractivity contribution in [2.75, 3.05) is 0 Å². The summed E-state index contributed by atoms with van der Waals surface area (Å²) >= 11 is 13.2. The van der Waals surface area contributed by atoms with Crippen LogP contribution in [0.1, 0.15) is 84.9 Å². The van der Waals surface area contributed by atoms with Gasteiger partial charge in [-0.2, -0.15) is 35.3 Å². The van der Waals surface area contributed by atoms with Gasteiger partial charge >= 0.3 is 11.6 Å². The number of aryl methyl sites for hydroxylation is 2. The van der Waals surface area contributed by atoms with Crippen LogP contribution in [0.15, 0.2) is 104 Å². The van der Waals surface area contributed by atoms with Gasteiger partial charge in [0.25, 0.3) is 0 Å². The maximum absolute atomic E-state index is 14.4. The minimum Gasteiger partial charge on any atom is -0.478 e. The third-order valence-corrected chi connectivity index (χ3v) is 13.1. The van der Waals surface area contributed by atoms with Gasteiger partial charge in [0.2, 0.25) is 11.6 Å². The van der Waals surface area contributed by atoms with Crippen LogP contribution in [0.3, 0.4) is 0 Å². The van der Waals surface area contributed by atoms with Crippen molar-refractivity contribution in [1.29, 1.82) is 10.5 Å². The van der Waals surface area contributed by atoms with Crippen LogP contribution in [0.2, 0.25) is 0 Å². The SMILES string of the molecule is CCn1ncc(Cc2cc(C#N)nn2-c2ccc(F)cc2C(C)O)c1Br.CCn1ncc(Cc2cc(C#N)nn2-c2ccc(F)cc2C(C)Oc2cc(Br)cnc2[N+](=O)[O-])c1Br.O=[N+]([O-])c1ncc(Br)cc1F. The van der Waals surface area contributed by atoms with E-state index in [0.29, 0.717) is 56.5 Å². The number of pyridine rings is 2. The molecule has 2 unspecified atom stereocenters. The zero-order valence-electron chi connectivity index (χ0n) is 38.5. The van der Waals surface area contributed by atoms with Crippen molar-refractivity contribution in [3.05, 3.63) is 186 Å². The number of aliphatic hydroxyl groups is 1. The van der Waals surface area contributed by atoms with E-state index in [-0.39, 0.29) is 17.1 Å².